The van der Waals surface area contributed by atoms with Crippen LogP contribution >= 0.6 is 0 Å². The number of hydrogen-bond donors (Lipinski definition) is 1. The first-order valence-corrected chi connectivity index (χ1v) is 10.2. The Hall–Kier alpha value is -3.79. The fourth-order valence-corrected chi connectivity index (χ4v) is 4.31. The molecular formula is C20H15FN4O4S. The Morgan fingerprint density at radius 3 is 2.47 bits per heavy atom. The Bertz CT molecular complexity index is 1380. The molecule has 0 fully saturated rings. The van der Waals surface area contributed by atoms with Crippen LogP contribution in [0.3, 0.4) is 0 Å². The standard InChI is InChI=1S/C20H15FN4O4S/c1-13-2-5-15(6-3-13)30(28,29)24-11-9-16-18(8-10-22-20(16)24)23-19-7-4-14(25(26)27)12-17(19)21/h2-12H,1H3,(H,22,23). The highest BCUT2D eigenvalue weighted by Crippen LogP contribution is 2.30. The molecule has 2 heterocycles. The van der Waals surface area contributed by atoms with E-state index in [-0.39, 0.29) is 21.9 Å². The van der Waals surface area contributed by atoms with Crippen molar-refractivity contribution in [3.05, 3.63) is 88.5 Å². The van der Waals surface area contributed by atoms with Crippen LogP contribution in [0, 0.1) is 22.9 Å². The molecule has 0 unspecified atom stereocenters. The third-order valence-corrected chi connectivity index (χ3v) is 6.25. The lowest BCUT2D eigenvalue weighted by molar-refractivity contribution is -0.385. The summed E-state index contributed by atoms with van der Waals surface area (Å²) >= 11 is 0. The summed E-state index contributed by atoms with van der Waals surface area (Å²) in [7, 11) is -3.87. The topological polar surface area (TPSA) is 107 Å². The average molecular weight is 426 g/mol. The second-order valence-corrected chi connectivity index (χ2v) is 8.39. The van der Waals surface area contributed by atoms with Gasteiger partial charge in [0.15, 0.2) is 11.5 Å². The van der Waals surface area contributed by atoms with Gasteiger partial charge < -0.3 is 5.32 Å². The molecule has 152 valence electrons. The van der Waals surface area contributed by atoms with E-state index in [2.05, 4.69) is 10.3 Å². The van der Waals surface area contributed by atoms with Gasteiger partial charge in [0, 0.05) is 23.8 Å². The van der Waals surface area contributed by atoms with E-state index in [9.17, 15) is 22.9 Å². The van der Waals surface area contributed by atoms with Gasteiger partial charge in [0.05, 0.1) is 27.3 Å². The van der Waals surface area contributed by atoms with Crippen LogP contribution in [0.15, 0.2) is 71.9 Å². The second-order valence-electron chi connectivity index (χ2n) is 6.57. The summed E-state index contributed by atoms with van der Waals surface area (Å²) in [5.74, 6) is -0.805. The third kappa shape index (κ3) is 3.37. The molecule has 30 heavy (non-hydrogen) atoms. The minimum absolute atomic E-state index is 0.0160. The first kappa shape index (κ1) is 19.5. The van der Waals surface area contributed by atoms with Crippen molar-refractivity contribution in [3.63, 3.8) is 0 Å². The van der Waals surface area contributed by atoms with E-state index in [0.29, 0.717) is 11.1 Å². The largest absolute Gasteiger partial charge is 0.352 e. The monoisotopic (exact) mass is 426 g/mol. The van der Waals surface area contributed by atoms with Crippen molar-refractivity contribution < 1.29 is 17.7 Å². The maximum absolute atomic E-state index is 14.3. The molecule has 10 heteroatoms. The zero-order chi connectivity index (χ0) is 21.5. The maximum atomic E-state index is 14.3. The number of fused-ring (bicyclic) bond motifs is 1. The van der Waals surface area contributed by atoms with Gasteiger partial charge in [-0.3, -0.25) is 10.1 Å². The van der Waals surface area contributed by atoms with Crippen molar-refractivity contribution in [2.75, 3.05) is 5.32 Å². The lowest BCUT2D eigenvalue weighted by Gasteiger charge is -2.10. The number of hydrogen-bond acceptors (Lipinski definition) is 6. The second kappa shape index (κ2) is 7.23. The van der Waals surface area contributed by atoms with Crippen LogP contribution in [0.4, 0.5) is 21.5 Å². The Balaban J connectivity index is 1.76. The highest BCUT2D eigenvalue weighted by atomic mass is 32.2. The molecule has 0 bridgehead atoms. The lowest BCUT2D eigenvalue weighted by atomic mass is 10.2. The van der Waals surface area contributed by atoms with E-state index >= 15 is 0 Å². The van der Waals surface area contributed by atoms with Gasteiger partial charge in [0.1, 0.15) is 0 Å². The lowest BCUT2D eigenvalue weighted by Crippen LogP contribution is -2.12. The van der Waals surface area contributed by atoms with Gasteiger partial charge in [-0.1, -0.05) is 17.7 Å². The highest BCUT2D eigenvalue weighted by Gasteiger charge is 2.21. The number of anilines is 2. The van der Waals surface area contributed by atoms with E-state index < -0.39 is 20.8 Å². The van der Waals surface area contributed by atoms with Crippen molar-refractivity contribution in [3.8, 4) is 0 Å². The van der Waals surface area contributed by atoms with Crippen molar-refractivity contribution >= 4 is 38.1 Å². The van der Waals surface area contributed by atoms with E-state index in [0.717, 1.165) is 15.6 Å². The fourth-order valence-electron chi connectivity index (χ4n) is 3.01. The number of aromatic nitrogens is 2. The summed E-state index contributed by atoms with van der Waals surface area (Å²) in [5, 5.41) is 14.1. The highest BCUT2D eigenvalue weighted by molar-refractivity contribution is 7.90. The van der Waals surface area contributed by atoms with Gasteiger partial charge in [-0.25, -0.2) is 21.8 Å². The number of non-ortho nitro benzene ring substituents is 1. The number of nitro benzene ring substituents is 1. The number of nitro groups is 1. The van der Waals surface area contributed by atoms with Gasteiger partial charge >= 0.3 is 0 Å². The van der Waals surface area contributed by atoms with Crippen molar-refractivity contribution in [1.82, 2.24) is 8.96 Å². The SMILES string of the molecule is Cc1ccc(S(=O)(=O)n2ccc3c(Nc4ccc([N+](=O)[O-])cc4F)ccnc32)cc1. The molecule has 0 saturated heterocycles. The molecule has 0 spiro atoms. The summed E-state index contributed by atoms with van der Waals surface area (Å²) in [5.41, 5.74) is 1.16. The number of nitrogens with one attached hydrogen (secondary N) is 1. The molecule has 0 aliphatic rings. The summed E-state index contributed by atoms with van der Waals surface area (Å²) in [6, 6.07) is 12.8. The van der Waals surface area contributed by atoms with E-state index in [1.54, 1.807) is 24.3 Å². The Morgan fingerprint density at radius 2 is 1.80 bits per heavy atom. The molecular weight excluding hydrogens is 411 g/mol. The van der Waals surface area contributed by atoms with Crippen LogP contribution in [0.5, 0.6) is 0 Å². The molecule has 8 nitrogen and oxygen atoms in total. The van der Waals surface area contributed by atoms with Gasteiger partial charge in [-0.05, 0) is 37.3 Å². The molecule has 0 amide bonds. The van der Waals surface area contributed by atoms with Crippen molar-refractivity contribution in [1.29, 1.82) is 0 Å². The normalized spacial score (nSPS) is 11.5. The molecule has 2 aromatic carbocycles. The quantitative estimate of drug-likeness (QED) is 0.375. The Kier molecular flexibility index (Phi) is 4.70. The summed E-state index contributed by atoms with van der Waals surface area (Å²) in [6.45, 7) is 1.86. The number of nitrogens with zero attached hydrogens (tertiary/aromatic N) is 3. The number of aryl methyl sites for hydroxylation is 1. The molecule has 4 rings (SSSR count). The number of rotatable bonds is 5. The van der Waals surface area contributed by atoms with Crippen LogP contribution in [0.25, 0.3) is 11.0 Å². The van der Waals surface area contributed by atoms with Crippen LogP contribution < -0.4 is 5.32 Å². The first-order chi connectivity index (χ1) is 14.3. The van der Waals surface area contributed by atoms with Crippen LogP contribution in [-0.2, 0) is 10.0 Å². The molecule has 0 aliphatic carbocycles. The average Bonchev–Trinajstić information content (AvgIpc) is 3.15. The van der Waals surface area contributed by atoms with Crippen molar-refractivity contribution in [2.24, 2.45) is 0 Å². The minimum Gasteiger partial charge on any atom is -0.352 e. The maximum Gasteiger partial charge on any atom is 0.272 e. The van der Waals surface area contributed by atoms with Crippen LogP contribution in [0.1, 0.15) is 5.56 Å². The number of halogens is 1. The van der Waals surface area contributed by atoms with Gasteiger partial charge in [-0.2, -0.15) is 0 Å². The van der Waals surface area contributed by atoms with E-state index in [4.69, 9.17) is 0 Å². The molecule has 2 aromatic heterocycles. The predicted octanol–water partition coefficient (Wildman–Crippen LogP) is 4.37. The summed E-state index contributed by atoms with van der Waals surface area (Å²) in [4.78, 5) is 14.4. The van der Waals surface area contributed by atoms with Crippen molar-refractivity contribution in [2.45, 2.75) is 11.8 Å². The molecule has 4 aromatic rings. The molecule has 0 radical (unpaired) electrons. The molecule has 0 atom stereocenters. The molecule has 1 N–H and O–H groups in total. The van der Waals surface area contributed by atoms with Crippen LogP contribution in [-0.4, -0.2) is 22.3 Å². The van der Waals surface area contributed by atoms with Gasteiger partial charge in [-0.15, -0.1) is 0 Å². The minimum atomic E-state index is -3.87. The zero-order valence-electron chi connectivity index (χ0n) is 15.6. The molecule has 0 aliphatic heterocycles. The zero-order valence-corrected chi connectivity index (χ0v) is 16.4. The van der Waals surface area contributed by atoms with Gasteiger partial charge in [0.2, 0.25) is 0 Å². The Morgan fingerprint density at radius 1 is 1.07 bits per heavy atom. The summed E-state index contributed by atoms with van der Waals surface area (Å²) < 4.78 is 41.4. The number of benzene rings is 2. The smallest absolute Gasteiger partial charge is 0.272 e. The summed E-state index contributed by atoms with van der Waals surface area (Å²) in [6.07, 6.45) is 2.78. The number of pyridine rings is 1. The molecule has 0 saturated carbocycles. The van der Waals surface area contributed by atoms with Gasteiger partial charge in [0.25, 0.3) is 15.7 Å². The fraction of sp³-hybridized carbons (Fsp3) is 0.0500. The van der Waals surface area contributed by atoms with E-state index in [1.165, 1.54) is 36.7 Å². The Labute approximate surface area is 170 Å². The third-order valence-electron chi connectivity index (χ3n) is 4.57. The van der Waals surface area contributed by atoms with Crippen LogP contribution in [0.2, 0.25) is 0 Å². The first-order valence-electron chi connectivity index (χ1n) is 8.76. The predicted molar refractivity (Wildman–Crippen MR) is 110 cm³/mol. The van der Waals surface area contributed by atoms with E-state index in [1.807, 2.05) is 6.92 Å².